The Morgan fingerprint density at radius 2 is 2.21 bits per heavy atom. The lowest BCUT2D eigenvalue weighted by molar-refractivity contribution is -0.385. The number of phenols is 1. The van der Waals surface area contributed by atoms with Crippen LogP contribution in [0, 0.1) is 10.1 Å². The van der Waals surface area contributed by atoms with E-state index < -0.39 is 10.6 Å². The fourth-order valence-corrected chi connectivity index (χ4v) is 1.07. The standard InChI is InChI=1S/C8H7NO5/c1-14-8-5(4-10)6(9(12)13)2-3-7(8)11/h2-4,11H,1H3. The predicted octanol–water partition coefficient (Wildman–Crippen LogP) is 1.12. The lowest BCUT2D eigenvalue weighted by Gasteiger charge is -2.05. The number of nitro groups is 1. The molecule has 0 radical (unpaired) electrons. The molecule has 0 spiro atoms. The van der Waals surface area contributed by atoms with Gasteiger partial charge in [-0.15, -0.1) is 0 Å². The van der Waals surface area contributed by atoms with Gasteiger partial charge < -0.3 is 9.84 Å². The van der Waals surface area contributed by atoms with Gasteiger partial charge in [-0.3, -0.25) is 14.9 Å². The summed E-state index contributed by atoms with van der Waals surface area (Å²) in [6.07, 6.45) is 0.274. The first kappa shape index (κ1) is 9.97. The van der Waals surface area contributed by atoms with Gasteiger partial charge in [0.05, 0.1) is 12.0 Å². The molecule has 6 heteroatoms. The molecule has 6 nitrogen and oxygen atoms in total. The minimum atomic E-state index is -0.717. The normalized spacial score (nSPS) is 9.50. The van der Waals surface area contributed by atoms with Crippen molar-refractivity contribution in [1.29, 1.82) is 0 Å². The van der Waals surface area contributed by atoms with E-state index >= 15 is 0 Å². The molecule has 0 aromatic heterocycles. The van der Waals surface area contributed by atoms with Gasteiger partial charge >= 0.3 is 0 Å². The Bertz CT molecular complexity index is 388. The van der Waals surface area contributed by atoms with Gasteiger partial charge in [0.1, 0.15) is 5.56 Å². The molecule has 74 valence electrons. The van der Waals surface area contributed by atoms with Crippen molar-refractivity contribution in [1.82, 2.24) is 0 Å². The maximum Gasteiger partial charge on any atom is 0.283 e. The predicted molar refractivity (Wildman–Crippen MR) is 46.7 cm³/mol. The van der Waals surface area contributed by atoms with Crippen LogP contribution in [0.25, 0.3) is 0 Å². The van der Waals surface area contributed by atoms with Crippen LogP contribution >= 0.6 is 0 Å². The van der Waals surface area contributed by atoms with Gasteiger partial charge in [-0.1, -0.05) is 0 Å². The maximum absolute atomic E-state index is 10.6. The number of aldehydes is 1. The summed E-state index contributed by atoms with van der Waals surface area (Å²) in [4.78, 5) is 20.3. The van der Waals surface area contributed by atoms with Gasteiger partial charge in [-0.05, 0) is 6.07 Å². The summed E-state index contributed by atoms with van der Waals surface area (Å²) in [6, 6.07) is 2.14. The van der Waals surface area contributed by atoms with Gasteiger partial charge in [0.2, 0.25) is 0 Å². The summed E-state index contributed by atoms with van der Waals surface area (Å²) in [6.45, 7) is 0. The molecule has 1 N–H and O–H groups in total. The van der Waals surface area contributed by atoms with Gasteiger partial charge in [0.25, 0.3) is 5.69 Å². The van der Waals surface area contributed by atoms with E-state index in [1.165, 1.54) is 7.11 Å². The summed E-state index contributed by atoms with van der Waals surface area (Å²) >= 11 is 0. The molecule has 0 atom stereocenters. The summed E-state index contributed by atoms with van der Waals surface area (Å²) < 4.78 is 4.67. The highest BCUT2D eigenvalue weighted by Crippen LogP contribution is 2.34. The van der Waals surface area contributed by atoms with Crippen LogP contribution in [0.1, 0.15) is 10.4 Å². The number of hydrogen-bond donors (Lipinski definition) is 1. The van der Waals surface area contributed by atoms with E-state index in [9.17, 15) is 20.0 Å². The Labute approximate surface area is 78.9 Å². The molecule has 1 aromatic rings. The molecule has 0 saturated carbocycles. The van der Waals surface area contributed by atoms with Crippen LogP contribution in [0.3, 0.4) is 0 Å². The topological polar surface area (TPSA) is 89.7 Å². The molecule has 0 heterocycles. The van der Waals surface area contributed by atoms with Gasteiger partial charge in [0.15, 0.2) is 17.8 Å². The fraction of sp³-hybridized carbons (Fsp3) is 0.125. The molecule has 0 fully saturated rings. The minimum Gasteiger partial charge on any atom is -0.504 e. The molecule has 14 heavy (non-hydrogen) atoms. The van der Waals surface area contributed by atoms with E-state index in [-0.39, 0.29) is 23.3 Å². The zero-order valence-corrected chi connectivity index (χ0v) is 7.26. The quantitative estimate of drug-likeness (QED) is 0.445. The number of nitro benzene ring substituents is 1. The Morgan fingerprint density at radius 1 is 1.57 bits per heavy atom. The van der Waals surface area contributed by atoms with Crippen LogP contribution in [0.15, 0.2) is 12.1 Å². The molecule has 0 amide bonds. The molecule has 0 saturated heterocycles. The number of carbonyl (C=O) groups excluding carboxylic acids is 1. The molecule has 1 aromatic carbocycles. The number of aromatic hydroxyl groups is 1. The van der Waals surface area contributed by atoms with Crippen LogP contribution in [0.5, 0.6) is 11.5 Å². The second kappa shape index (κ2) is 3.73. The number of phenolic OH excluding ortho intramolecular Hbond substituents is 1. The lowest BCUT2D eigenvalue weighted by atomic mass is 10.1. The minimum absolute atomic E-state index is 0.186. The zero-order chi connectivity index (χ0) is 10.7. The smallest absolute Gasteiger partial charge is 0.283 e. The highest BCUT2D eigenvalue weighted by molar-refractivity contribution is 5.87. The maximum atomic E-state index is 10.6. The number of carbonyl (C=O) groups is 1. The van der Waals surface area contributed by atoms with Crippen LogP contribution < -0.4 is 4.74 Å². The highest BCUT2D eigenvalue weighted by atomic mass is 16.6. The van der Waals surface area contributed by atoms with Gasteiger partial charge in [-0.2, -0.15) is 0 Å². The first-order valence-corrected chi connectivity index (χ1v) is 3.61. The number of methoxy groups -OCH3 is 1. The third-order valence-electron chi connectivity index (χ3n) is 1.67. The van der Waals surface area contributed by atoms with Crippen LogP contribution in [0.4, 0.5) is 5.69 Å². The van der Waals surface area contributed by atoms with Crippen LogP contribution in [0.2, 0.25) is 0 Å². The van der Waals surface area contributed by atoms with E-state index in [2.05, 4.69) is 4.74 Å². The molecule has 0 bridgehead atoms. The first-order valence-electron chi connectivity index (χ1n) is 3.61. The Kier molecular flexibility index (Phi) is 2.66. The number of hydrogen-bond acceptors (Lipinski definition) is 5. The number of benzene rings is 1. The van der Waals surface area contributed by atoms with Crippen molar-refractivity contribution in [3.8, 4) is 11.5 Å². The van der Waals surface area contributed by atoms with Crippen molar-refractivity contribution in [2.75, 3.05) is 7.11 Å². The van der Waals surface area contributed by atoms with Crippen molar-refractivity contribution in [3.05, 3.63) is 27.8 Å². The molecule has 1 rings (SSSR count). The van der Waals surface area contributed by atoms with Crippen molar-refractivity contribution in [3.63, 3.8) is 0 Å². The molecule has 0 aliphatic carbocycles. The largest absolute Gasteiger partial charge is 0.504 e. The van der Waals surface area contributed by atoms with Gasteiger partial charge in [-0.25, -0.2) is 0 Å². The van der Waals surface area contributed by atoms with E-state index in [4.69, 9.17) is 0 Å². The van der Waals surface area contributed by atoms with Crippen LogP contribution in [-0.2, 0) is 0 Å². The second-order valence-corrected chi connectivity index (χ2v) is 2.43. The van der Waals surface area contributed by atoms with E-state index in [0.717, 1.165) is 12.1 Å². The zero-order valence-electron chi connectivity index (χ0n) is 7.26. The third kappa shape index (κ3) is 1.49. The average molecular weight is 197 g/mol. The summed E-state index contributed by atoms with van der Waals surface area (Å²) in [5.41, 5.74) is -0.660. The molecule has 0 unspecified atom stereocenters. The van der Waals surface area contributed by atoms with E-state index in [1.54, 1.807) is 0 Å². The Hall–Kier alpha value is -2.11. The number of ether oxygens (including phenoxy) is 1. The Morgan fingerprint density at radius 3 is 2.64 bits per heavy atom. The monoisotopic (exact) mass is 197 g/mol. The highest BCUT2D eigenvalue weighted by Gasteiger charge is 2.20. The molecule has 0 aliphatic rings. The summed E-state index contributed by atoms with van der Waals surface area (Å²) in [5, 5.41) is 19.7. The lowest BCUT2D eigenvalue weighted by Crippen LogP contribution is -1.98. The van der Waals surface area contributed by atoms with Crippen molar-refractivity contribution in [2.24, 2.45) is 0 Å². The second-order valence-electron chi connectivity index (χ2n) is 2.43. The average Bonchev–Trinajstić information content (AvgIpc) is 2.16. The molecule has 0 aliphatic heterocycles. The SMILES string of the molecule is COc1c(O)ccc([N+](=O)[O-])c1C=O. The third-order valence-corrected chi connectivity index (χ3v) is 1.67. The Balaban J connectivity index is 3.48. The van der Waals surface area contributed by atoms with Crippen molar-refractivity contribution in [2.45, 2.75) is 0 Å². The van der Waals surface area contributed by atoms with E-state index in [1.807, 2.05) is 0 Å². The van der Waals surface area contributed by atoms with Crippen molar-refractivity contribution >= 4 is 12.0 Å². The summed E-state index contributed by atoms with van der Waals surface area (Å²) in [7, 11) is 1.21. The summed E-state index contributed by atoms with van der Waals surface area (Å²) in [5.74, 6) is -0.491. The van der Waals surface area contributed by atoms with E-state index in [0.29, 0.717) is 0 Å². The molecular formula is C8H7NO5. The number of nitrogens with zero attached hydrogens (tertiary/aromatic N) is 1. The van der Waals surface area contributed by atoms with Gasteiger partial charge in [0, 0.05) is 6.07 Å². The van der Waals surface area contributed by atoms with Crippen molar-refractivity contribution < 1.29 is 19.6 Å². The van der Waals surface area contributed by atoms with Crippen LogP contribution in [-0.4, -0.2) is 23.4 Å². The number of rotatable bonds is 3. The molecular weight excluding hydrogens is 190 g/mol. The fourth-order valence-electron chi connectivity index (χ4n) is 1.07. The first-order chi connectivity index (χ1) is 6.61.